The highest BCUT2D eigenvalue weighted by atomic mass is 35.5. The van der Waals surface area contributed by atoms with E-state index in [-0.39, 0.29) is 6.10 Å². The van der Waals surface area contributed by atoms with Crippen molar-refractivity contribution in [2.45, 2.75) is 25.9 Å². The number of aliphatic hydroxyl groups is 1. The first-order chi connectivity index (χ1) is 7.15. The van der Waals surface area contributed by atoms with Gasteiger partial charge in [0.1, 0.15) is 5.82 Å². The fraction of sp³-hybridized carbons (Fsp3) is 0.600. The first-order valence-corrected chi connectivity index (χ1v) is 5.44. The topological polar surface area (TPSA) is 58.0 Å². The molecule has 82 valence electrons. The van der Waals surface area contributed by atoms with Crippen molar-refractivity contribution in [3.8, 4) is 0 Å². The van der Waals surface area contributed by atoms with E-state index in [1.54, 1.807) is 0 Å². The number of aliphatic hydroxyl groups excluding tert-OH is 1. The van der Waals surface area contributed by atoms with Crippen molar-refractivity contribution in [2.75, 3.05) is 11.9 Å². The Morgan fingerprint density at radius 2 is 2.27 bits per heavy atom. The molecule has 1 aliphatic carbocycles. The van der Waals surface area contributed by atoms with Gasteiger partial charge in [0.05, 0.1) is 6.10 Å². The van der Waals surface area contributed by atoms with Gasteiger partial charge in [-0.05, 0) is 37.3 Å². The molecule has 0 bridgehead atoms. The molecule has 2 N–H and O–H groups in total. The highest BCUT2D eigenvalue weighted by molar-refractivity contribution is 6.30. The van der Waals surface area contributed by atoms with E-state index >= 15 is 0 Å². The van der Waals surface area contributed by atoms with E-state index in [0.717, 1.165) is 30.8 Å². The Morgan fingerprint density at radius 3 is 2.87 bits per heavy atom. The van der Waals surface area contributed by atoms with Crippen LogP contribution in [0, 0.1) is 12.8 Å². The lowest BCUT2D eigenvalue weighted by molar-refractivity contribution is 0.0486. The van der Waals surface area contributed by atoms with Crippen LogP contribution >= 0.6 is 11.6 Å². The number of nitrogens with one attached hydrogen (secondary N) is 1. The van der Waals surface area contributed by atoms with Gasteiger partial charge in [-0.3, -0.25) is 0 Å². The minimum absolute atomic E-state index is 0.102. The molecule has 4 nitrogen and oxygen atoms in total. The predicted molar refractivity (Wildman–Crippen MR) is 59.0 cm³/mol. The van der Waals surface area contributed by atoms with E-state index in [0.29, 0.717) is 11.1 Å². The predicted octanol–water partition coefficient (Wildman–Crippen LogP) is 1.62. The lowest BCUT2D eigenvalue weighted by atomic mass is 9.82. The van der Waals surface area contributed by atoms with Crippen molar-refractivity contribution < 1.29 is 5.11 Å². The zero-order chi connectivity index (χ0) is 10.8. The molecule has 1 fully saturated rings. The summed E-state index contributed by atoms with van der Waals surface area (Å²) in [7, 11) is 0. The van der Waals surface area contributed by atoms with Crippen LogP contribution in [0.15, 0.2) is 6.07 Å². The molecular weight excluding hydrogens is 214 g/mol. The molecule has 1 saturated carbocycles. The minimum atomic E-state index is -0.102. The molecule has 1 aliphatic rings. The molecule has 1 aromatic rings. The smallest absolute Gasteiger partial charge is 0.154 e. The normalized spacial score (nSPS) is 24.7. The first kappa shape index (κ1) is 10.6. The molecular formula is C10H14ClN3O. The van der Waals surface area contributed by atoms with E-state index in [1.807, 2.05) is 13.0 Å². The fourth-order valence-electron chi connectivity index (χ4n) is 1.67. The molecule has 0 atom stereocenters. The third-order valence-electron chi connectivity index (χ3n) is 2.71. The zero-order valence-electron chi connectivity index (χ0n) is 8.57. The molecule has 0 aliphatic heterocycles. The summed E-state index contributed by atoms with van der Waals surface area (Å²) in [5.74, 6) is 1.30. The summed E-state index contributed by atoms with van der Waals surface area (Å²) in [6, 6.07) is 1.88. The van der Waals surface area contributed by atoms with Crippen molar-refractivity contribution in [2.24, 2.45) is 5.92 Å². The largest absolute Gasteiger partial charge is 0.393 e. The summed E-state index contributed by atoms with van der Waals surface area (Å²) in [6.07, 6.45) is 1.66. The Hall–Kier alpha value is -0.870. The van der Waals surface area contributed by atoms with E-state index in [4.69, 9.17) is 16.7 Å². The van der Waals surface area contributed by atoms with E-state index in [1.165, 1.54) is 0 Å². The van der Waals surface area contributed by atoms with Crippen LogP contribution in [-0.2, 0) is 0 Å². The molecule has 0 spiro atoms. The zero-order valence-corrected chi connectivity index (χ0v) is 9.33. The third-order valence-corrected chi connectivity index (χ3v) is 3.08. The maximum atomic E-state index is 9.12. The molecule has 0 unspecified atom stereocenters. The van der Waals surface area contributed by atoms with Crippen LogP contribution in [0.4, 0.5) is 5.82 Å². The van der Waals surface area contributed by atoms with Gasteiger partial charge in [0.15, 0.2) is 5.15 Å². The Labute approximate surface area is 93.7 Å². The van der Waals surface area contributed by atoms with Crippen molar-refractivity contribution >= 4 is 17.4 Å². The molecule has 0 radical (unpaired) electrons. The number of hydrogen-bond acceptors (Lipinski definition) is 4. The minimum Gasteiger partial charge on any atom is -0.393 e. The second-order valence-electron chi connectivity index (χ2n) is 4.08. The van der Waals surface area contributed by atoms with Gasteiger partial charge < -0.3 is 10.4 Å². The van der Waals surface area contributed by atoms with E-state index in [9.17, 15) is 0 Å². The molecule has 0 amide bonds. The van der Waals surface area contributed by atoms with Gasteiger partial charge in [-0.15, -0.1) is 10.2 Å². The Morgan fingerprint density at radius 1 is 1.53 bits per heavy atom. The number of anilines is 1. The Balaban J connectivity index is 1.86. The van der Waals surface area contributed by atoms with Crippen molar-refractivity contribution in [3.05, 3.63) is 16.8 Å². The fourth-order valence-corrected chi connectivity index (χ4v) is 1.76. The molecule has 1 heterocycles. The van der Waals surface area contributed by atoms with Gasteiger partial charge in [0, 0.05) is 6.54 Å². The van der Waals surface area contributed by atoms with Crippen molar-refractivity contribution in [1.82, 2.24) is 10.2 Å². The number of aryl methyl sites for hydroxylation is 1. The lowest BCUT2D eigenvalue weighted by Gasteiger charge is -2.31. The quantitative estimate of drug-likeness (QED) is 0.824. The molecule has 2 rings (SSSR count). The number of rotatable bonds is 3. The maximum Gasteiger partial charge on any atom is 0.154 e. The van der Waals surface area contributed by atoms with Gasteiger partial charge in [-0.25, -0.2) is 0 Å². The average molecular weight is 228 g/mol. The second-order valence-corrected chi connectivity index (χ2v) is 4.43. The highest BCUT2D eigenvalue weighted by Gasteiger charge is 2.26. The lowest BCUT2D eigenvalue weighted by Crippen LogP contribution is -2.33. The van der Waals surface area contributed by atoms with Gasteiger partial charge in [0.25, 0.3) is 0 Å². The second kappa shape index (κ2) is 4.33. The number of aromatic nitrogens is 2. The van der Waals surface area contributed by atoms with Crippen LogP contribution in [0.3, 0.4) is 0 Å². The molecule has 1 aromatic heterocycles. The first-order valence-electron chi connectivity index (χ1n) is 5.07. The van der Waals surface area contributed by atoms with Crippen LogP contribution in [-0.4, -0.2) is 28.0 Å². The summed E-state index contributed by atoms with van der Waals surface area (Å²) in [4.78, 5) is 0. The van der Waals surface area contributed by atoms with Gasteiger partial charge in [-0.2, -0.15) is 0 Å². The van der Waals surface area contributed by atoms with Crippen molar-refractivity contribution in [3.63, 3.8) is 0 Å². The molecule has 15 heavy (non-hydrogen) atoms. The summed E-state index contributed by atoms with van der Waals surface area (Å²) < 4.78 is 0. The van der Waals surface area contributed by atoms with Crippen LogP contribution in [0.5, 0.6) is 0 Å². The average Bonchev–Trinajstić information content (AvgIpc) is 2.16. The van der Waals surface area contributed by atoms with E-state index < -0.39 is 0 Å². The summed E-state index contributed by atoms with van der Waals surface area (Å²) in [5.41, 5.74) is 0.919. The SMILES string of the molecule is Cc1cc(NCC2CC(O)C2)nnc1Cl. The van der Waals surface area contributed by atoms with Gasteiger partial charge in [-0.1, -0.05) is 11.6 Å². The van der Waals surface area contributed by atoms with Crippen LogP contribution < -0.4 is 5.32 Å². The standard InChI is InChI=1S/C10H14ClN3O/c1-6-2-9(13-14-10(6)11)12-5-7-3-8(15)4-7/h2,7-8,15H,3-5H2,1H3,(H,12,13). The monoisotopic (exact) mass is 227 g/mol. The maximum absolute atomic E-state index is 9.12. The van der Waals surface area contributed by atoms with Gasteiger partial charge in [0.2, 0.25) is 0 Å². The Bertz CT molecular complexity index is 353. The number of halogens is 1. The number of nitrogens with zero attached hydrogens (tertiary/aromatic N) is 2. The third kappa shape index (κ3) is 2.58. The van der Waals surface area contributed by atoms with Gasteiger partial charge >= 0.3 is 0 Å². The van der Waals surface area contributed by atoms with Crippen molar-refractivity contribution in [1.29, 1.82) is 0 Å². The number of hydrogen-bond donors (Lipinski definition) is 2. The Kier molecular flexibility index (Phi) is 3.07. The summed E-state index contributed by atoms with van der Waals surface area (Å²) in [6.45, 7) is 2.74. The van der Waals surface area contributed by atoms with Crippen LogP contribution in [0.25, 0.3) is 0 Å². The summed E-state index contributed by atoms with van der Waals surface area (Å²) >= 11 is 5.77. The molecule has 0 saturated heterocycles. The van der Waals surface area contributed by atoms with Crippen LogP contribution in [0.2, 0.25) is 5.15 Å². The van der Waals surface area contributed by atoms with E-state index in [2.05, 4.69) is 15.5 Å². The highest BCUT2D eigenvalue weighted by Crippen LogP contribution is 2.27. The van der Waals surface area contributed by atoms with Crippen LogP contribution in [0.1, 0.15) is 18.4 Å². The summed E-state index contributed by atoms with van der Waals surface area (Å²) in [5, 5.41) is 20.5. The molecule has 0 aromatic carbocycles. The molecule has 5 heteroatoms.